The highest BCUT2D eigenvalue weighted by Gasteiger charge is 2.36. The number of amides is 4. The molecule has 1 saturated heterocycles. The Morgan fingerprint density at radius 2 is 1.57 bits per heavy atom. The molecule has 8 nitrogen and oxygen atoms in total. The van der Waals surface area contributed by atoms with E-state index in [9.17, 15) is 19.5 Å². The molecule has 0 spiro atoms. The highest BCUT2D eigenvalue weighted by Crippen LogP contribution is 2.38. The summed E-state index contributed by atoms with van der Waals surface area (Å²) in [5, 5.41) is 12.2. The number of methoxy groups -OCH3 is 2. The molecule has 3 rings (SSSR count). The van der Waals surface area contributed by atoms with Crippen molar-refractivity contribution in [1.29, 1.82) is 0 Å². The van der Waals surface area contributed by atoms with Gasteiger partial charge in [-0.05, 0) is 47.4 Å². The summed E-state index contributed by atoms with van der Waals surface area (Å²) in [5.41, 5.74) is 1.54. The van der Waals surface area contributed by atoms with E-state index in [2.05, 4.69) is 5.32 Å². The number of phenolic OH excluding ortho intramolecular Hbond substituents is 1. The minimum Gasteiger partial charge on any atom is -0.502 e. The second-order valence-electron chi connectivity index (χ2n) is 6.98. The van der Waals surface area contributed by atoms with Crippen molar-refractivity contribution in [2.45, 2.75) is 19.8 Å². The summed E-state index contributed by atoms with van der Waals surface area (Å²) >= 11 is 0. The number of imide groups is 2. The number of carbonyl (C=O) groups is 3. The van der Waals surface area contributed by atoms with Crippen molar-refractivity contribution in [2.24, 2.45) is 0 Å². The lowest BCUT2D eigenvalue weighted by Crippen LogP contribution is -2.54. The zero-order chi connectivity index (χ0) is 22.0. The Bertz CT molecular complexity index is 1020. The van der Waals surface area contributed by atoms with Crippen molar-refractivity contribution in [3.8, 4) is 17.2 Å². The number of hydrogen-bond donors (Lipinski definition) is 2. The summed E-state index contributed by atoms with van der Waals surface area (Å²) in [6.45, 7) is 4.07. The number of hydrogen-bond acceptors (Lipinski definition) is 6. The normalized spacial score (nSPS) is 15.6. The molecule has 0 aromatic heterocycles. The number of aromatic hydroxyl groups is 1. The molecule has 1 heterocycles. The second-order valence-corrected chi connectivity index (χ2v) is 6.98. The van der Waals surface area contributed by atoms with E-state index in [1.807, 2.05) is 26.0 Å². The Kier molecular flexibility index (Phi) is 5.77. The van der Waals surface area contributed by atoms with Gasteiger partial charge in [0.05, 0.1) is 19.9 Å². The third-order valence-electron chi connectivity index (χ3n) is 4.73. The van der Waals surface area contributed by atoms with E-state index in [0.29, 0.717) is 17.2 Å². The van der Waals surface area contributed by atoms with Crippen LogP contribution in [0.5, 0.6) is 17.2 Å². The number of rotatable bonds is 5. The van der Waals surface area contributed by atoms with Gasteiger partial charge in [0, 0.05) is 0 Å². The molecule has 1 aliphatic rings. The van der Waals surface area contributed by atoms with Gasteiger partial charge in [-0.15, -0.1) is 0 Å². The zero-order valence-corrected chi connectivity index (χ0v) is 17.1. The number of urea groups is 1. The first-order valence-corrected chi connectivity index (χ1v) is 9.23. The standard InChI is InChI=1S/C22H22N2O6/c1-12(2)14-5-7-15(8-6-14)24-21(27)16(20(26)23-22(24)28)9-13-10-17(29-3)19(25)18(11-13)30-4/h5-12,25H,1-4H3,(H,23,26,28). The molecule has 0 unspecified atom stereocenters. The topological polar surface area (TPSA) is 105 Å². The summed E-state index contributed by atoms with van der Waals surface area (Å²) in [4.78, 5) is 38.6. The number of anilines is 1. The fourth-order valence-corrected chi connectivity index (χ4v) is 3.06. The number of benzene rings is 2. The van der Waals surface area contributed by atoms with Crippen LogP contribution in [0, 0.1) is 0 Å². The van der Waals surface area contributed by atoms with Gasteiger partial charge in [0.25, 0.3) is 11.8 Å². The SMILES string of the molecule is COc1cc(C=C2C(=O)NC(=O)N(c3ccc(C(C)C)cc3)C2=O)cc(OC)c1O. The maximum atomic E-state index is 13.0. The van der Waals surface area contributed by atoms with Gasteiger partial charge >= 0.3 is 6.03 Å². The predicted octanol–water partition coefficient (Wildman–Crippen LogP) is 3.20. The van der Waals surface area contributed by atoms with Crippen LogP contribution in [0.15, 0.2) is 42.0 Å². The molecule has 2 aromatic carbocycles. The van der Waals surface area contributed by atoms with Crippen molar-refractivity contribution >= 4 is 29.6 Å². The van der Waals surface area contributed by atoms with Gasteiger partial charge in [0.1, 0.15) is 5.57 Å². The minimum atomic E-state index is -0.819. The van der Waals surface area contributed by atoms with Gasteiger partial charge in [0.2, 0.25) is 5.75 Å². The van der Waals surface area contributed by atoms with E-state index < -0.39 is 17.8 Å². The molecule has 0 bridgehead atoms. The Morgan fingerprint density at radius 1 is 1.00 bits per heavy atom. The summed E-state index contributed by atoms with van der Waals surface area (Å²) in [6, 6.07) is 9.05. The molecule has 2 N–H and O–H groups in total. The lowest BCUT2D eigenvalue weighted by atomic mass is 10.0. The summed E-state index contributed by atoms with van der Waals surface area (Å²) in [6.07, 6.45) is 1.31. The van der Waals surface area contributed by atoms with Crippen LogP contribution in [0.2, 0.25) is 0 Å². The van der Waals surface area contributed by atoms with Crippen LogP contribution >= 0.6 is 0 Å². The third kappa shape index (κ3) is 3.84. The molecule has 2 aromatic rings. The average Bonchev–Trinajstić information content (AvgIpc) is 2.72. The monoisotopic (exact) mass is 410 g/mol. The van der Waals surface area contributed by atoms with Crippen molar-refractivity contribution < 1.29 is 29.0 Å². The lowest BCUT2D eigenvalue weighted by Gasteiger charge is -2.26. The van der Waals surface area contributed by atoms with Crippen LogP contribution < -0.4 is 19.7 Å². The predicted molar refractivity (Wildman–Crippen MR) is 111 cm³/mol. The molecule has 0 atom stereocenters. The van der Waals surface area contributed by atoms with E-state index in [1.54, 1.807) is 12.1 Å². The van der Waals surface area contributed by atoms with Crippen LogP contribution in [-0.2, 0) is 9.59 Å². The molecule has 8 heteroatoms. The van der Waals surface area contributed by atoms with Crippen LogP contribution in [0.1, 0.15) is 30.9 Å². The highest BCUT2D eigenvalue weighted by molar-refractivity contribution is 6.39. The Labute approximate surface area is 173 Å². The first-order chi connectivity index (χ1) is 14.3. The molecular formula is C22H22N2O6. The Morgan fingerprint density at radius 3 is 2.07 bits per heavy atom. The van der Waals surface area contributed by atoms with Gasteiger partial charge in [-0.3, -0.25) is 14.9 Å². The highest BCUT2D eigenvalue weighted by atomic mass is 16.5. The molecular weight excluding hydrogens is 388 g/mol. The van der Waals surface area contributed by atoms with E-state index in [4.69, 9.17) is 9.47 Å². The van der Waals surface area contributed by atoms with Gasteiger partial charge < -0.3 is 14.6 Å². The fraction of sp³-hybridized carbons (Fsp3) is 0.227. The second kappa shape index (κ2) is 8.28. The molecule has 4 amide bonds. The van der Waals surface area contributed by atoms with Crippen LogP contribution in [0.25, 0.3) is 6.08 Å². The van der Waals surface area contributed by atoms with Crippen molar-refractivity contribution in [3.63, 3.8) is 0 Å². The van der Waals surface area contributed by atoms with Gasteiger partial charge in [-0.25, -0.2) is 9.69 Å². The van der Waals surface area contributed by atoms with E-state index in [1.165, 1.54) is 32.4 Å². The maximum absolute atomic E-state index is 13.0. The van der Waals surface area contributed by atoms with Gasteiger partial charge in [-0.2, -0.15) is 0 Å². The van der Waals surface area contributed by atoms with Gasteiger partial charge in [0.15, 0.2) is 11.5 Å². The molecule has 0 saturated carbocycles. The molecule has 1 aliphatic heterocycles. The number of nitrogens with one attached hydrogen (secondary N) is 1. The van der Waals surface area contributed by atoms with E-state index in [0.717, 1.165) is 10.5 Å². The summed E-state index contributed by atoms with van der Waals surface area (Å²) < 4.78 is 10.2. The first-order valence-electron chi connectivity index (χ1n) is 9.23. The van der Waals surface area contributed by atoms with E-state index in [-0.39, 0.29) is 22.8 Å². The van der Waals surface area contributed by atoms with Crippen molar-refractivity contribution in [3.05, 3.63) is 53.1 Å². The van der Waals surface area contributed by atoms with Crippen molar-refractivity contribution in [2.75, 3.05) is 19.1 Å². The zero-order valence-electron chi connectivity index (χ0n) is 17.1. The quantitative estimate of drug-likeness (QED) is 0.579. The largest absolute Gasteiger partial charge is 0.502 e. The van der Waals surface area contributed by atoms with Crippen molar-refractivity contribution in [1.82, 2.24) is 5.32 Å². The first kappa shape index (κ1) is 20.9. The van der Waals surface area contributed by atoms with E-state index >= 15 is 0 Å². The molecule has 156 valence electrons. The maximum Gasteiger partial charge on any atom is 0.335 e. The number of carbonyl (C=O) groups excluding carboxylic acids is 3. The number of barbiturate groups is 1. The lowest BCUT2D eigenvalue weighted by molar-refractivity contribution is -0.122. The number of nitrogens with zero attached hydrogens (tertiary/aromatic N) is 1. The Balaban J connectivity index is 2.02. The number of ether oxygens (including phenoxy) is 2. The third-order valence-corrected chi connectivity index (χ3v) is 4.73. The van der Waals surface area contributed by atoms with Crippen LogP contribution in [0.4, 0.5) is 10.5 Å². The summed E-state index contributed by atoms with van der Waals surface area (Å²) in [5.74, 6) is -1.26. The number of phenols is 1. The average molecular weight is 410 g/mol. The molecule has 0 aliphatic carbocycles. The molecule has 1 fully saturated rings. The molecule has 0 radical (unpaired) electrons. The minimum absolute atomic E-state index is 0.113. The fourth-order valence-electron chi connectivity index (χ4n) is 3.06. The smallest absolute Gasteiger partial charge is 0.335 e. The van der Waals surface area contributed by atoms with Crippen LogP contribution in [-0.4, -0.2) is 37.2 Å². The Hall–Kier alpha value is -3.81. The summed E-state index contributed by atoms with van der Waals surface area (Å²) in [7, 11) is 2.73. The van der Waals surface area contributed by atoms with Gasteiger partial charge in [-0.1, -0.05) is 26.0 Å². The molecule has 30 heavy (non-hydrogen) atoms. The van der Waals surface area contributed by atoms with Crippen LogP contribution in [0.3, 0.4) is 0 Å².